The fourth-order valence-electron chi connectivity index (χ4n) is 2.65. The van der Waals surface area contributed by atoms with Crippen molar-refractivity contribution in [1.29, 1.82) is 0 Å². The minimum Gasteiger partial charge on any atom is -0.481 e. The highest BCUT2D eigenvalue weighted by molar-refractivity contribution is 6.39. The van der Waals surface area contributed by atoms with Crippen molar-refractivity contribution in [2.24, 2.45) is 5.10 Å². The van der Waals surface area contributed by atoms with Crippen LogP contribution in [-0.4, -0.2) is 46.1 Å². The number of amides is 2. The Morgan fingerprint density at radius 2 is 2.15 bits per heavy atom. The molecule has 2 rings (SSSR count). The van der Waals surface area contributed by atoms with Crippen molar-refractivity contribution >= 4 is 23.5 Å². The van der Waals surface area contributed by atoms with Gasteiger partial charge in [0.05, 0.1) is 0 Å². The van der Waals surface area contributed by atoms with Gasteiger partial charge < -0.3 is 10.0 Å². The van der Waals surface area contributed by atoms with Crippen LogP contribution in [0.4, 0.5) is 0 Å². The minimum absolute atomic E-state index is 0.0346. The van der Waals surface area contributed by atoms with Crippen molar-refractivity contribution in [3.63, 3.8) is 0 Å². The standard InChI is InChI=1S/C13H19N3O4/c17-11-6-5-10(14-15-11)13(20)16-8-2-1-3-9(16)4-7-12(18)19/h9H,1-8H2,(H,15,17)(H,18,19). The number of likely N-dealkylation sites (tertiary alicyclic amines) is 1. The molecule has 0 aromatic heterocycles. The number of aliphatic carboxylic acids is 1. The second-order valence-electron chi connectivity index (χ2n) is 5.17. The molecule has 2 aliphatic rings. The van der Waals surface area contributed by atoms with Crippen LogP contribution >= 0.6 is 0 Å². The van der Waals surface area contributed by atoms with Gasteiger partial charge in [0.2, 0.25) is 5.91 Å². The molecule has 2 amide bonds. The van der Waals surface area contributed by atoms with E-state index in [0.29, 0.717) is 25.1 Å². The van der Waals surface area contributed by atoms with Crippen molar-refractivity contribution < 1.29 is 19.5 Å². The first kappa shape index (κ1) is 14.5. The number of carbonyl (C=O) groups excluding carboxylic acids is 2. The Hall–Kier alpha value is -1.92. The molecule has 0 radical (unpaired) electrons. The Labute approximate surface area is 117 Å². The third-order valence-electron chi connectivity index (χ3n) is 3.73. The maximum absolute atomic E-state index is 12.4. The molecular weight excluding hydrogens is 262 g/mol. The summed E-state index contributed by atoms with van der Waals surface area (Å²) >= 11 is 0. The van der Waals surface area contributed by atoms with Crippen LogP contribution in [0, 0.1) is 0 Å². The molecule has 7 heteroatoms. The zero-order valence-electron chi connectivity index (χ0n) is 11.3. The molecule has 20 heavy (non-hydrogen) atoms. The minimum atomic E-state index is -0.842. The van der Waals surface area contributed by atoms with E-state index in [1.807, 2.05) is 0 Å². The van der Waals surface area contributed by atoms with E-state index in [-0.39, 0.29) is 30.7 Å². The van der Waals surface area contributed by atoms with Gasteiger partial charge in [-0.1, -0.05) is 0 Å². The highest BCUT2D eigenvalue weighted by atomic mass is 16.4. The van der Waals surface area contributed by atoms with Gasteiger partial charge in [0, 0.05) is 31.8 Å². The topological polar surface area (TPSA) is 99.1 Å². The summed E-state index contributed by atoms with van der Waals surface area (Å²) in [5.41, 5.74) is 2.69. The van der Waals surface area contributed by atoms with Crippen LogP contribution < -0.4 is 5.43 Å². The fourth-order valence-corrected chi connectivity index (χ4v) is 2.65. The monoisotopic (exact) mass is 281 g/mol. The lowest BCUT2D eigenvalue weighted by molar-refractivity contribution is -0.138. The molecule has 110 valence electrons. The summed E-state index contributed by atoms with van der Waals surface area (Å²) in [5, 5.41) is 12.6. The first-order valence-electron chi connectivity index (χ1n) is 6.96. The van der Waals surface area contributed by atoms with Gasteiger partial charge in [0.15, 0.2) is 0 Å². The largest absolute Gasteiger partial charge is 0.481 e. The number of hydrogen-bond donors (Lipinski definition) is 2. The van der Waals surface area contributed by atoms with Crippen LogP contribution in [0.1, 0.15) is 44.9 Å². The van der Waals surface area contributed by atoms with Crippen LogP contribution in [0.5, 0.6) is 0 Å². The van der Waals surface area contributed by atoms with Crippen molar-refractivity contribution in [2.45, 2.75) is 51.0 Å². The van der Waals surface area contributed by atoms with Crippen LogP contribution in [-0.2, 0) is 14.4 Å². The van der Waals surface area contributed by atoms with E-state index in [0.717, 1.165) is 19.3 Å². The molecule has 2 heterocycles. The smallest absolute Gasteiger partial charge is 0.303 e. The van der Waals surface area contributed by atoms with Crippen molar-refractivity contribution in [3.8, 4) is 0 Å². The summed E-state index contributed by atoms with van der Waals surface area (Å²) in [6.07, 6.45) is 3.94. The van der Waals surface area contributed by atoms with E-state index < -0.39 is 5.97 Å². The van der Waals surface area contributed by atoms with E-state index >= 15 is 0 Å². The zero-order valence-corrected chi connectivity index (χ0v) is 11.3. The normalized spacial score (nSPS) is 23.0. The lowest BCUT2D eigenvalue weighted by atomic mass is 9.97. The van der Waals surface area contributed by atoms with Crippen LogP contribution in [0.25, 0.3) is 0 Å². The maximum atomic E-state index is 12.4. The molecule has 0 aromatic rings. The molecule has 1 saturated heterocycles. The van der Waals surface area contributed by atoms with Crippen LogP contribution in [0.3, 0.4) is 0 Å². The predicted octanol–water partition coefficient (Wildman–Crippen LogP) is 0.498. The number of nitrogens with one attached hydrogen (secondary N) is 1. The van der Waals surface area contributed by atoms with Crippen molar-refractivity contribution in [3.05, 3.63) is 0 Å². The van der Waals surface area contributed by atoms with E-state index in [2.05, 4.69) is 10.5 Å². The molecule has 1 atom stereocenters. The molecule has 0 aromatic carbocycles. The van der Waals surface area contributed by atoms with E-state index in [9.17, 15) is 14.4 Å². The zero-order chi connectivity index (χ0) is 14.5. The molecule has 1 unspecified atom stereocenters. The molecule has 0 spiro atoms. The van der Waals surface area contributed by atoms with Crippen molar-refractivity contribution in [2.75, 3.05) is 6.54 Å². The Balaban J connectivity index is 2.01. The molecule has 1 fully saturated rings. The second-order valence-corrected chi connectivity index (χ2v) is 5.17. The number of hydrazone groups is 1. The van der Waals surface area contributed by atoms with Gasteiger partial charge in [-0.3, -0.25) is 14.4 Å². The second kappa shape index (κ2) is 6.49. The fraction of sp³-hybridized carbons (Fsp3) is 0.692. The summed E-state index contributed by atoms with van der Waals surface area (Å²) in [5.74, 6) is -1.19. The number of carboxylic acid groups (broad SMARTS) is 1. The van der Waals surface area contributed by atoms with Gasteiger partial charge >= 0.3 is 5.97 Å². The summed E-state index contributed by atoms with van der Waals surface area (Å²) in [6, 6.07) is -0.0346. The van der Waals surface area contributed by atoms with Gasteiger partial charge in [0.25, 0.3) is 5.91 Å². The number of rotatable bonds is 4. The quantitative estimate of drug-likeness (QED) is 0.783. The Bertz CT molecular complexity index is 447. The van der Waals surface area contributed by atoms with Crippen LogP contribution in [0.15, 0.2) is 5.10 Å². The third-order valence-corrected chi connectivity index (χ3v) is 3.73. The Morgan fingerprint density at radius 3 is 2.80 bits per heavy atom. The van der Waals surface area contributed by atoms with Gasteiger partial charge in [-0.25, -0.2) is 5.43 Å². The predicted molar refractivity (Wildman–Crippen MR) is 71.0 cm³/mol. The number of piperidine rings is 1. The van der Waals surface area contributed by atoms with Crippen molar-refractivity contribution in [1.82, 2.24) is 10.3 Å². The van der Waals surface area contributed by atoms with E-state index in [1.54, 1.807) is 4.90 Å². The maximum Gasteiger partial charge on any atom is 0.303 e. The van der Waals surface area contributed by atoms with Gasteiger partial charge in [-0.2, -0.15) is 5.10 Å². The molecule has 0 saturated carbocycles. The number of hydrogen-bond acceptors (Lipinski definition) is 4. The van der Waals surface area contributed by atoms with Gasteiger partial charge in [0.1, 0.15) is 5.71 Å². The van der Waals surface area contributed by atoms with E-state index in [4.69, 9.17) is 5.11 Å². The highest BCUT2D eigenvalue weighted by Gasteiger charge is 2.30. The first-order valence-corrected chi connectivity index (χ1v) is 6.96. The summed E-state index contributed by atoms with van der Waals surface area (Å²) in [4.78, 5) is 35.9. The lowest BCUT2D eigenvalue weighted by Gasteiger charge is -2.36. The SMILES string of the molecule is O=C(O)CCC1CCCCN1C(=O)C1=NNC(=O)CC1. The molecule has 7 nitrogen and oxygen atoms in total. The van der Waals surface area contributed by atoms with Gasteiger partial charge in [-0.15, -0.1) is 0 Å². The third kappa shape index (κ3) is 3.55. The summed E-state index contributed by atoms with van der Waals surface area (Å²) < 4.78 is 0. The van der Waals surface area contributed by atoms with Gasteiger partial charge in [-0.05, 0) is 25.7 Å². The number of carboxylic acids is 1. The average molecular weight is 281 g/mol. The highest BCUT2D eigenvalue weighted by Crippen LogP contribution is 2.22. The van der Waals surface area contributed by atoms with E-state index in [1.165, 1.54) is 0 Å². The Kier molecular flexibility index (Phi) is 4.70. The molecule has 2 N–H and O–H groups in total. The summed E-state index contributed by atoms with van der Waals surface area (Å²) in [7, 11) is 0. The summed E-state index contributed by atoms with van der Waals surface area (Å²) in [6.45, 7) is 0.635. The molecule has 2 aliphatic heterocycles. The molecule has 0 bridgehead atoms. The molecule has 0 aliphatic carbocycles. The Morgan fingerprint density at radius 1 is 1.35 bits per heavy atom. The number of carbonyl (C=O) groups is 3. The molecular formula is C13H19N3O4. The average Bonchev–Trinajstić information content (AvgIpc) is 2.45. The van der Waals surface area contributed by atoms with Crippen LogP contribution in [0.2, 0.25) is 0 Å². The lowest BCUT2D eigenvalue weighted by Crippen LogP contribution is -2.48. The number of nitrogens with zero attached hydrogens (tertiary/aromatic N) is 2. The first-order chi connectivity index (χ1) is 9.58.